The van der Waals surface area contributed by atoms with E-state index in [4.69, 9.17) is 26.8 Å². The fraction of sp³-hybridized carbons (Fsp3) is 0.675. The Hall–Kier alpha value is -2.04. The molecule has 1 aromatic rings. The number of hydrogen-bond donors (Lipinski definition) is 0. The van der Waals surface area contributed by atoms with E-state index in [-0.39, 0.29) is 30.1 Å². The highest BCUT2D eigenvalue weighted by Gasteiger charge is 2.55. The minimum atomic E-state index is -0.466. The van der Waals surface area contributed by atoms with Crippen LogP contribution in [0.25, 0.3) is 0 Å². The molecule has 0 spiro atoms. The molecule has 262 valence electrons. The zero-order chi connectivity index (χ0) is 33.5. The second kappa shape index (κ2) is 14.3. The Labute approximate surface area is 300 Å². The van der Waals surface area contributed by atoms with Crippen LogP contribution in [0, 0.1) is 35.5 Å². The highest BCUT2D eigenvalue weighted by atomic mass is 127. The monoisotopic (exact) mass is 772 g/mol. The van der Waals surface area contributed by atoms with E-state index in [1.165, 1.54) is 94.3 Å². The summed E-state index contributed by atoms with van der Waals surface area (Å²) >= 11 is 1.88. The SMILES string of the molecule is C=CC(=C)OCC(COc1cc(OCC(COC(=O)C=C)OI)c(C23CC4CC(CC(C4)C2)C3)cc1C12CC3CC(CC(C3)C1)C2)OC. The molecular weight excluding hydrogens is 719 g/mol. The van der Waals surface area contributed by atoms with Gasteiger partial charge in [0.1, 0.15) is 78.9 Å². The van der Waals surface area contributed by atoms with Crippen molar-refractivity contribution in [2.75, 3.05) is 33.5 Å². The molecule has 0 aromatic heterocycles. The smallest absolute Gasteiger partial charge is 0.330 e. The summed E-state index contributed by atoms with van der Waals surface area (Å²) in [6.45, 7) is 12.2. The number of methoxy groups -OCH3 is 1. The van der Waals surface area contributed by atoms with E-state index in [1.807, 2.05) is 23.0 Å². The molecule has 8 aliphatic rings. The number of hydrogen-bond acceptors (Lipinski definition) is 7. The molecule has 8 heteroatoms. The molecule has 9 rings (SSSR count). The molecule has 8 bridgehead atoms. The van der Waals surface area contributed by atoms with E-state index < -0.39 is 12.1 Å². The lowest BCUT2D eigenvalue weighted by molar-refractivity contribution is -0.140. The quantitative estimate of drug-likeness (QED) is 0.0517. The predicted molar refractivity (Wildman–Crippen MR) is 193 cm³/mol. The summed E-state index contributed by atoms with van der Waals surface area (Å²) in [5.74, 6) is 6.71. The molecule has 8 fully saturated rings. The van der Waals surface area contributed by atoms with Gasteiger partial charge in [-0.15, -0.1) is 0 Å². The molecule has 7 nitrogen and oxygen atoms in total. The third kappa shape index (κ3) is 6.96. The largest absolute Gasteiger partial charge is 0.491 e. The van der Waals surface area contributed by atoms with Crippen molar-refractivity contribution in [1.82, 2.24) is 0 Å². The van der Waals surface area contributed by atoms with Gasteiger partial charge in [0.2, 0.25) is 0 Å². The lowest BCUT2D eigenvalue weighted by atomic mass is 9.46. The van der Waals surface area contributed by atoms with Gasteiger partial charge in [-0.2, -0.15) is 0 Å². The fourth-order valence-corrected chi connectivity index (χ4v) is 11.9. The highest BCUT2D eigenvalue weighted by molar-refractivity contribution is 14.1. The van der Waals surface area contributed by atoms with Crippen molar-refractivity contribution in [1.29, 1.82) is 0 Å². The van der Waals surface area contributed by atoms with Crippen LogP contribution in [0.1, 0.15) is 88.2 Å². The standard InChI is InChI=1S/C40H53IO7/c1-5-25(3)44-21-32(43-4)22-45-36-14-37(46-23-33(48-41)24-47-38(42)6-2)35(40-18-29-10-30(19-40)12-31(11-29)20-40)13-34(36)39-15-26-7-27(16-39)9-28(8-26)17-39/h5-6,13-14,26-33H,1-3,7-12,15-24H2,4H3. The average molecular weight is 773 g/mol. The number of halogens is 1. The number of benzene rings is 1. The van der Waals surface area contributed by atoms with Crippen molar-refractivity contribution in [3.05, 3.63) is 60.9 Å². The lowest BCUT2D eigenvalue weighted by Gasteiger charge is -2.58. The molecule has 48 heavy (non-hydrogen) atoms. The van der Waals surface area contributed by atoms with Crippen molar-refractivity contribution < 1.29 is 31.5 Å². The van der Waals surface area contributed by atoms with Crippen LogP contribution in [0.4, 0.5) is 0 Å². The third-order valence-electron chi connectivity index (χ3n) is 12.9. The molecule has 2 atom stereocenters. The number of esters is 1. The van der Waals surface area contributed by atoms with E-state index >= 15 is 0 Å². The van der Waals surface area contributed by atoms with Crippen molar-refractivity contribution >= 4 is 29.0 Å². The molecule has 0 radical (unpaired) electrons. The van der Waals surface area contributed by atoms with Gasteiger partial charge in [-0.3, -0.25) is 0 Å². The topological polar surface area (TPSA) is 72.5 Å². The van der Waals surface area contributed by atoms with Crippen LogP contribution in [-0.2, 0) is 32.9 Å². The Morgan fingerprint density at radius 2 is 1.17 bits per heavy atom. The summed E-state index contributed by atoms with van der Waals surface area (Å²) < 4.78 is 36.2. The number of carbonyl (C=O) groups is 1. The number of ether oxygens (including phenoxy) is 5. The average Bonchev–Trinajstić information content (AvgIpc) is 3.06. The van der Waals surface area contributed by atoms with Gasteiger partial charge in [0.25, 0.3) is 0 Å². The Balaban J connectivity index is 1.26. The third-order valence-corrected chi connectivity index (χ3v) is 13.6. The normalized spacial score (nSPS) is 35.1. The van der Waals surface area contributed by atoms with E-state index in [2.05, 4.69) is 31.9 Å². The molecule has 0 N–H and O–H groups in total. The molecule has 8 aliphatic carbocycles. The first-order valence-corrected chi connectivity index (χ1v) is 19.1. The molecule has 2 unspecified atom stereocenters. The summed E-state index contributed by atoms with van der Waals surface area (Å²) in [4.78, 5) is 11.8. The second-order valence-electron chi connectivity index (χ2n) is 16.2. The van der Waals surface area contributed by atoms with E-state index in [1.54, 1.807) is 13.2 Å². The van der Waals surface area contributed by atoms with Gasteiger partial charge < -0.3 is 26.8 Å². The summed E-state index contributed by atoms with van der Waals surface area (Å²) in [6.07, 6.45) is 17.9. The summed E-state index contributed by atoms with van der Waals surface area (Å²) in [7, 11) is 1.70. The van der Waals surface area contributed by atoms with Gasteiger partial charge in [-0.05, 0) is 136 Å². The van der Waals surface area contributed by atoms with Crippen LogP contribution in [0.15, 0.2) is 49.8 Å². The number of rotatable bonds is 17. The Morgan fingerprint density at radius 1 is 0.729 bits per heavy atom. The highest BCUT2D eigenvalue weighted by Crippen LogP contribution is 2.65. The summed E-state index contributed by atoms with van der Waals surface area (Å²) in [5.41, 5.74) is 3.04. The van der Waals surface area contributed by atoms with E-state index in [0.717, 1.165) is 47.0 Å². The van der Waals surface area contributed by atoms with Crippen molar-refractivity contribution in [2.45, 2.75) is 100 Å². The predicted octanol–water partition coefficient (Wildman–Crippen LogP) is 8.58. The van der Waals surface area contributed by atoms with Crippen LogP contribution in [-0.4, -0.2) is 51.7 Å². The summed E-state index contributed by atoms with van der Waals surface area (Å²) in [6, 6.07) is 4.78. The lowest BCUT2D eigenvalue weighted by Crippen LogP contribution is -2.50. The molecule has 0 heterocycles. The van der Waals surface area contributed by atoms with Crippen molar-refractivity contribution in [2.24, 2.45) is 35.5 Å². The number of allylic oxidation sites excluding steroid dienone is 1. The molecule has 0 saturated heterocycles. The maximum absolute atomic E-state index is 11.8. The maximum Gasteiger partial charge on any atom is 0.330 e. The first-order valence-electron chi connectivity index (χ1n) is 18.2. The Bertz CT molecular complexity index is 1220. The zero-order valence-corrected chi connectivity index (χ0v) is 30.8. The first-order chi connectivity index (χ1) is 23.2. The molecule has 8 saturated carbocycles. The molecule has 0 amide bonds. The van der Waals surface area contributed by atoms with Gasteiger partial charge in [-0.1, -0.05) is 19.7 Å². The van der Waals surface area contributed by atoms with Crippen molar-refractivity contribution in [3.8, 4) is 11.5 Å². The molecule has 1 aromatic carbocycles. The van der Waals surface area contributed by atoms with Gasteiger partial charge in [0, 0.05) is 30.4 Å². The Kier molecular flexibility index (Phi) is 10.2. The Morgan fingerprint density at radius 3 is 1.56 bits per heavy atom. The van der Waals surface area contributed by atoms with Gasteiger partial charge >= 0.3 is 5.97 Å². The summed E-state index contributed by atoms with van der Waals surface area (Å²) in [5, 5.41) is 0. The van der Waals surface area contributed by atoms with E-state index in [0.29, 0.717) is 19.0 Å². The van der Waals surface area contributed by atoms with Crippen LogP contribution in [0.2, 0.25) is 0 Å². The number of carbonyl (C=O) groups excluding carboxylic acids is 1. The van der Waals surface area contributed by atoms with Gasteiger partial charge in [-0.25, -0.2) is 4.79 Å². The molecule has 0 aliphatic heterocycles. The van der Waals surface area contributed by atoms with Crippen LogP contribution < -0.4 is 9.47 Å². The van der Waals surface area contributed by atoms with E-state index in [9.17, 15) is 4.79 Å². The minimum Gasteiger partial charge on any atom is -0.491 e. The van der Waals surface area contributed by atoms with Gasteiger partial charge in [0.05, 0.1) is 0 Å². The van der Waals surface area contributed by atoms with Gasteiger partial charge in [0.15, 0.2) is 0 Å². The van der Waals surface area contributed by atoms with Crippen LogP contribution in [0.5, 0.6) is 11.5 Å². The fourth-order valence-electron chi connectivity index (χ4n) is 11.7. The van der Waals surface area contributed by atoms with Crippen LogP contribution >= 0.6 is 23.0 Å². The van der Waals surface area contributed by atoms with Crippen molar-refractivity contribution in [3.63, 3.8) is 0 Å². The minimum absolute atomic E-state index is 0.0979. The second-order valence-corrected chi connectivity index (χ2v) is 16.8. The maximum atomic E-state index is 11.8. The van der Waals surface area contributed by atoms with Crippen LogP contribution in [0.3, 0.4) is 0 Å². The molecular formula is C40H53IO7. The first kappa shape index (κ1) is 34.4. The zero-order valence-electron chi connectivity index (χ0n) is 28.6.